The summed E-state index contributed by atoms with van der Waals surface area (Å²) in [5, 5.41) is 9.45. The van der Waals surface area contributed by atoms with Crippen molar-refractivity contribution in [3.05, 3.63) is 90.7 Å². The Bertz CT molecular complexity index is 2100. The van der Waals surface area contributed by atoms with Crippen LogP contribution in [0.15, 0.2) is 74.0 Å². The van der Waals surface area contributed by atoms with Gasteiger partial charge in [0.1, 0.15) is 24.0 Å². The van der Waals surface area contributed by atoms with Gasteiger partial charge in [0.15, 0.2) is 5.75 Å². The summed E-state index contributed by atoms with van der Waals surface area (Å²) in [6.07, 6.45) is 8.99. The number of hydrogen-bond acceptors (Lipinski definition) is 8. The van der Waals surface area contributed by atoms with E-state index in [2.05, 4.69) is 77.5 Å². The number of hydrogen-bond donors (Lipinski definition) is 1. The van der Waals surface area contributed by atoms with E-state index in [4.69, 9.17) is 19.4 Å². The number of carbonyl (C=O) groups is 1. The lowest BCUT2D eigenvalue weighted by Crippen LogP contribution is -2.61. The summed E-state index contributed by atoms with van der Waals surface area (Å²) >= 11 is 0. The third-order valence-electron chi connectivity index (χ3n) is 11.1. The number of nitrogens with zero attached hydrogens (tertiary/aromatic N) is 6. The van der Waals surface area contributed by atoms with E-state index in [0.717, 1.165) is 115 Å². The van der Waals surface area contributed by atoms with Gasteiger partial charge in [-0.3, -0.25) is 9.89 Å². The van der Waals surface area contributed by atoms with Crippen LogP contribution in [-0.2, 0) is 11.4 Å². The molecule has 0 radical (unpaired) electrons. The Hall–Kier alpha value is -5.22. The van der Waals surface area contributed by atoms with Crippen LogP contribution in [-0.4, -0.2) is 88.3 Å². The van der Waals surface area contributed by atoms with E-state index >= 15 is 0 Å². The van der Waals surface area contributed by atoms with Crippen molar-refractivity contribution in [2.75, 3.05) is 51.2 Å². The van der Waals surface area contributed by atoms with Gasteiger partial charge in [-0.25, -0.2) is 0 Å². The average Bonchev–Trinajstić information content (AvgIpc) is 3.62. The number of benzene rings is 3. The molecule has 3 aromatic carbocycles. The molecule has 2 aromatic heterocycles. The fourth-order valence-corrected chi connectivity index (χ4v) is 8.07. The highest BCUT2D eigenvalue weighted by Gasteiger charge is 2.46. The van der Waals surface area contributed by atoms with Crippen LogP contribution >= 0.6 is 0 Å². The molecule has 1 spiro atoms. The van der Waals surface area contributed by atoms with Crippen LogP contribution in [0.4, 0.5) is 5.82 Å². The lowest BCUT2D eigenvalue weighted by atomic mass is 9.72. The minimum Gasteiger partial charge on any atom is -0.486 e. The number of fused-ring (bicyclic) bond motifs is 2. The molecule has 262 valence electrons. The van der Waals surface area contributed by atoms with Crippen LogP contribution in [0.5, 0.6) is 11.8 Å². The number of ether oxygens (including phenoxy) is 2. The first-order valence-corrected chi connectivity index (χ1v) is 18.0. The Morgan fingerprint density at radius 1 is 1.00 bits per heavy atom. The number of aromatic amines is 1. The highest BCUT2D eigenvalue weighted by atomic mass is 16.5. The van der Waals surface area contributed by atoms with E-state index in [0.29, 0.717) is 23.9 Å². The Morgan fingerprint density at radius 2 is 1.76 bits per heavy atom. The molecule has 5 aromatic rings. The largest absolute Gasteiger partial charge is 0.486 e. The molecule has 10 heteroatoms. The summed E-state index contributed by atoms with van der Waals surface area (Å²) in [4.78, 5) is 29.2. The highest BCUT2D eigenvalue weighted by Crippen LogP contribution is 2.48. The van der Waals surface area contributed by atoms with Gasteiger partial charge in [-0.15, -0.1) is 0 Å². The first kappa shape index (κ1) is 33.0. The third kappa shape index (κ3) is 6.22. The zero-order chi connectivity index (χ0) is 35.1. The minimum absolute atomic E-state index is 0.0117. The molecule has 3 aliphatic heterocycles. The Kier molecular flexibility index (Phi) is 8.71. The number of aromatic nitrogens is 4. The molecular weight excluding hydrogens is 638 g/mol. The standard InChI is InChI=1S/C41H45N7O3/c1-5-29-22-31-37(38(50-24-28-10-8-7-9-11-28)36(29)35-27(3)12-13-33-32(35)23-42-45-33)43-40(51-30-14-18-46(4)19-15-30)44-39(31)47-20-16-41(17-21-47)25-48(26-41)34(49)6-2/h5-13,22-23,30H,1-2,14-21,24-26H2,3-4H3,(H,42,45). The normalized spacial score (nSPS) is 17.8. The van der Waals surface area contributed by atoms with Crippen LogP contribution in [0, 0.1) is 12.3 Å². The maximum atomic E-state index is 12.3. The van der Waals surface area contributed by atoms with Crippen molar-refractivity contribution in [3.63, 3.8) is 0 Å². The van der Waals surface area contributed by atoms with Crippen LogP contribution in [0.25, 0.3) is 39.0 Å². The second-order valence-corrected chi connectivity index (χ2v) is 14.5. The number of likely N-dealkylation sites (tertiary alicyclic amines) is 2. The predicted molar refractivity (Wildman–Crippen MR) is 202 cm³/mol. The summed E-state index contributed by atoms with van der Waals surface area (Å²) in [6.45, 7) is 15.6. The van der Waals surface area contributed by atoms with Crippen molar-refractivity contribution < 1.29 is 14.3 Å². The lowest BCUT2D eigenvalue weighted by molar-refractivity contribution is -0.139. The average molecular weight is 684 g/mol. The van der Waals surface area contributed by atoms with Gasteiger partial charge in [0, 0.05) is 61.0 Å². The van der Waals surface area contributed by atoms with Crippen molar-refractivity contribution in [3.8, 4) is 22.9 Å². The van der Waals surface area contributed by atoms with Crippen molar-refractivity contribution in [2.45, 2.75) is 45.3 Å². The van der Waals surface area contributed by atoms with Gasteiger partial charge in [-0.05, 0) is 80.1 Å². The molecule has 0 aliphatic carbocycles. The Morgan fingerprint density at radius 3 is 2.49 bits per heavy atom. The minimum atomic E-state index is 0.0117. The molecule has 5 heterocycles. The molecule has 10 nitrogen and oxygen atoms in total. The molecule has 0 bridgehead atoms. The first-order valence-electron chi connectivity index (χ1n) is 18.0. The number of nitrogens with one attached hydrogen (secondary N) is 1. The maximum Gasteiger partial charge on any atom is 0.319 e. The summed E-state index contributed by atoms with van der Waals surface area (Å²) in [5.41, 5.74) is 6.83. The summed E-state index contributed by atoms with van der Waals surface area (Å²) in [7, 11) is 2.15. The first-order chi connectivity index (χ1) is 24.8. The number of amides is 1. The second-order valence-electron chi connectivity index (χ2n) is 14.5. The monoisotopic (exact) mass is 683 g/mol. The van der Waals surface area contributed by atoms with Gasteiger partial charge in [0.25, 0.3) is 0 Å². The topological polar surface area (TPSA) is 99.7 Å². The van der Waals surface area contributed by atoms with Gasteiger partial charge in [-0.1, -0.05) is 55.6 Å². The molecule has 0 unspecified atom stereocenters. The van der Waals surface area contributed by atoms with Crippen LogP contribution in [0.1, 0.15) is 42.4 Å². The molecule has 3 saturated heterocycles. The molecule has 1 amide bonds. The number of rotatable bonds is 9. The molecule has 3 fully saturated rings. The van der Waals surface area contributed by atoms with Crippen molar-refractivity contribution in [2.24, 2.45) is 5.41 Å². The second kappa shape index (κ2) is 13.5. The fraction of sp³-hybridized carbons (Fsp3) is 0.366. The van der Waals surface area contributed by atoms with Gasteiger partial charge in [0.2, 0.25) is 5.91 Å². The van der Waals surface area contributed by atoms with Gasteiger partial charge in [0.05, 0.1) is 11.7 Å². The fourth-order valence-electron chi connectivity index (χ4n) is 8.07. The van der Waals surface area contributed by atoms with Crippen LogP contribution in [0.3, 0.4) is 0 Å². The maximum absolute atomic E-state index is 12.3. The van der Waals surface area contributed by atoms with E-state index in [-0.39, 0.29) is 17.4 Å². The Labute approximate surface area is 298 Å². The molecular formula is C41H45N7O3. The third-order valence-corrected chi connectivity index (χ3v) is 11.1. The van der Waals surface area contributed by atoms with E-state index in [1.165, 1.54) is 6.08 Å². The van der Waals surface area contributed by atoms with Crippen LogP contribution < -0.4 is 14.4 Å². The Balaban J connectivity index is 1.28. The molecule has 1 N–H and O–H groups in total. The van der Waals surface area contributed by atoms with Gasteiger partial charge in [-0.2, -0.15) is 15.1 Å². The lowest BCUT2D eigenvalue weighted by Gasteiger charge is -2.54. The molecule has 3 aliphatic rings. The molecule has 0 atom stereocenters. The van der Waals surface area contributed by atoms with Crippen molar-refractivity contribution >= 4 is 39.6 Å². The summed E-state index contributed by atoms with van der Waals surface area (Å²) < 4.78 is 13.6. The van der Waals surface area contributed by atoms with E-state index < -0.39 is 0 Å². The number of aryl methyl sites for hydroxylation is 1. The number of H-pyrrole nitrogens is 1. The van der Waals surface area contributed by atoms with Gasteiger partial charge < -0.3 is 24.2 Å². The van der Waals surface area contributed by atoms with E-state index in [1.54, 1.807) is 0 Å². The van der Waals surface area contributed by atoms with E-state index in [1.807, 2.05) is 35.4 Å². The molecule has 0 saturated carbocycles. The zero-order valence-corrected chi connectivity index (χ0v) is 29.5. The van der Waals surface area contributed by atoms with Gasteiger partial charge >= 0.3 is 6.01 Å². The number of anilines is 1. The quantitative estimate of drug-likeness (QED) is 0.170. The molecule has 51 heavy (non-hydrogen) atoms. The number of piperidine rings is 2. The van der Waals surface area contributed by atoms with Crippen molar-refractivity contribution in [1.29, 1.82) is 0 Å². The SMILES string of the molecule is C=CC(=O)N1CC2(CCN(c3nc(OC4CCN(C)CC4)nc4c(OCc5ccccc5)c(-c5c(C)ccc6[nH]ncc56)c(C=C)cc34)CC2)C1. The zero-order valence-electron chi connectivity index (χ0n) is 29.5. The molecule has 8 rings (SSSR count). The smallest absolute Gasteiger partial charge is 0.319 e. The summed E-state index contributed by atoms with van der Waals surface area (Å²) in [5.74, 6) is 1.53. The highest BCUT2D eigenvalue weighted by molar-refractivity contribution is 6.07. The summed E-state index contributed by atoms with van der Waals surface area (Å²) in [6, 6.07) is 16.9. The van der Waals surface area contributed by atoms with E-state index in [9.17, 15) is 4.79 Å². The number of carbonyl (C=O) groups excluding carboxylic acids is 1. The predicted octanol–water partition coefficient (Wildman–Crippen LogP) is 6.79. The van der Waals surface area contributed by atoms with Crippen molar-refractivity contribution in [1.82, 2.24) is 30.0 Å². The van der Waals surface area contributed by atoms with Crippen LogP contribution in [0.2, 0.25) is 0 Å².